The predicted molar refractivity (Wildman–Crippen MR) is 21.9 cm³/mol. The SMILES string of the molecule is O=C=NCS(=O)[O-]. The zero-order chi connectivity index (χ0) is 5.70. The fourth-order valence-corrected chi connectivity index (χ4v) is 0.237. The quantitative estimate of drug-likeness (QED) is 0.271. The Hall–Kier alpha value is -0.510. The van der Waals surface area contributed by atoms with Crippen LogP contribution in [-0.2, 0) is 15.9 Å². The van der Waals surface area contributed by atoms with Crippen LogP contribution in [0.1, 0.15) is 0 Å². The van der Waals surface area contributed by atoms with Gasteiger partial charge < -0.3 is 4.55 Å². The molecule has 40 valence electrons. The van der Waals surface area contributed by atoms with Crippen molar-refractivity contribution in [1.29, 1.82) is 0 Å². The Morgan fingerprint density at radius 3 is 2.57 bits per heavy atom. The van der Waals surface area contributed by atoms with E-state index in [1.165, 1.54) is 0 Å². The molecule has 0 fully saturated rings. The van der Waals surface area contributed by atoms with E-state index >= 15 is 0 Å². The molecule has 7 heavy (non-hydrogen) atoms. The number of hydrogen-bond acceptors (Lipinski definition) is 4. The van der Waals surface area contributed by atoms with E-state index in [-0.39, 0.29) is 0 Å². The molecule has 0 spiro atoms. The van der Waals surface area contributed by atoms with Gasteiger partial charge in [0.05, 0.1) is 0 Å². The minimum absolute atomic E-state index is 0.483. The van der Waals surface area contributed by atoms with Crippen molar-refractivity contribution in [2.24, 2.45) is 4.99 Å². The molecule has 0 bridgehead atoms. The van der Waals surface area contributed by atoms with Gasteiger partial charge in [0.15, 0.2) is 0 Å². The summed E-state index contributed by atoms with van der Waals surface area (Å²) in [6.45, 7) is 0. The van der Waals surface area contributed by atoms with E-state index in [9.17, 15) is 8.76 Å². The lowest BCUT2D eigenvalue weighted by molar-refractivity contribution is 0.535. The average Bonchev–Trinajstić information content (AvgIpc) is 1.61. The Bertz CT molecular complexity index is 116. The smallest absolute Gasteiger partial charge is 0.235 e. The van der Waals surface area contributed by atoms with E-state index in [4.69, 9.17) is 4.79 Å². The van der Waals surface area contributed by atoms with Crippen LogP contribution in [0.4, 0.5) is 0 Å². The monoisotopic (exact) mass is 120 g/mol. The van der Waals surface area contributed by atoms with E-state index in [1.54, 1.807) is 0 Å². The van der Waals surface area contributed by atoms with Gasteiger partial charge in [-0.15, -0.1) is 0 Å². The van der Waals surface area contributed by atoms with Crippen LogP contribution < -0.4 is 0 Å². The summed E-state index contributed by atoms with van der Waals surface area (Å²) in [6.07, 6.45) is 1.08. The summed E-state index contributed by atoms with van der Waals surface area (Å²) in [5, 5.41) is 0. The van der Waals surface area contributed by atoms with Crippen molar-refractivity contribution in [3.8, 4) is 0 Å². The Morgan fingerprint density at radius 1 is 1.86 bits per heavy atom. The van der Waals surface area contributed by atoms with Gasteiger partial charge in [-0.2, -0.15) is 4.99 Å². The van der Waals surface area contributed by atoms with Crippen molar-refractivity contribution < 1.29 is 13.6 Å². The highest BCUT2D eigenvalue weighted by Crippen LogP contribution is 1.69. The molecule has 0 saturated carbocycles. The first-order chi connectivity index (χ1) is 3.27. The molecule has 0 saturated heterocycles. The molecule has 0 aromatic carbocycles. The second-order valence-corrected chi connectivity index (χ2v) is 1.55. The van der Waals surface area contributed by atoms with Crippen molar-refractivity contribution in [3.63, 3.8) is 0 Å². The molecular formula is C2H2NO3S-. The molecule has 0 aromatic rings. The van der Waals surface area contributed by atoms with Crippen molar-refractivity contribution in [2.45, 2.75) is 0 Å². The topological polar surface area (TPSA) is 69.6 Å². The number of carbonyl (C=O) groups excluding carboxylic acids is 1. The Morgan fingerprint density at radius 2 is 2.43 bits per heavy atom. The molecule has 0 N–H and O–H groups in total. The van der Waals surface area contributed by atoms with Crippen LogP contribution in [-0.4, -0.2) is 20.7 Å². The van der Waals surface area contributed by atoms with Crippen LogP contribution in [0, 0.1) is 0 Å². The summed E-state index contributed by atoms with van der Waals surface area (Å²) >= 11 is -2.24. The molecule has 0 aliphatic heterocycles. The van der Waals surface area contributed by atoms with Crippen LogP contribution in [0.15, 0.2) is 4.99 Å². The molecule has 5 heteroatoms. The Labute approximate surface area is 42.5 Å². The molecule has 0 aliphatic carbocycles. The average molecular weight is 120 g/mol. The second-order valence-electron chi connectivity index (χ2n) is 0.682. The minimum Gasteiger partial charge on any atom is -0.771 e. The summed E-state index contributed by atoms with van der Waals surface area (Å²) in [7, 11) is 0. The summed E-state index contributed by atoms with van der Waals surface area (Å²) in [5.41, 5.74) is 0. The molecule has 4 nitrogen and oxygen atoms in total. The van der Waals surface area contributed by atoms with Crippen LogP contribution in [0.3, 0.4) is 0 Å². The lowest BCUT2D eigenvalue weighted by Gasteiger charge is -1.93. The third-order valence-corrected chi connectivity index (χ3v) is 0.574. The lowest BCUT2D eigenvalue weighted by atomic mass is 11.4. The highest BCUT2D eigenvalue weighted by molar-refractivity contribution is 7.79. The van der Waals surface area contributed by atoms with Gasteiger partial charge in [-0.05, 0) is 11.1 Å². The third kappa shape index (κ3) is 5.49. The molecule has 1 unspecified atom stereocenters. The van der Waals surface area contributed by atoms with Crippen molar-refractivity contribution in [1.82, 2.24) is 0 Å². The molecule has 0 aromatic heterocycles. The first-order valence-corrected chi connectivity index (χ1v) is 2.61. The largest absolute Gasteiger partial charge is 0.771 e. The molecule has 1 atom stereocenters. The molecule has 0 radical (unpaired) electrons. The van der Waals surface area contributed by atoms with E-state index in [1.807, 2.05) is 0 Å². The second kappa shape index (κ2) is 3.67. The zero-order valence-corrected chi connectivity index (χ0v) is 4.10. The van der Waals surface area contributed by atoms with Gasteiger partial charge in [0.25, 0.3) is 0 Å². The standard InChI is InChI=1S/C2H3NO3S/c4-1-3-2-7(5)6/h2H2,(H,5,6)/p-1. The number of rotatable bonds is 2. The third-order valence-electron chi connectivity index (χ3n) is 0.235. The van der Waals surface area contributed by atoms with Crippen molar-refractivity contribution in [3.05, 3.63) is 0 Å². The molecule has 0 heterocycles. The van der Waals surface area contributed by atoms with E-state index in [0.29, 0.717) is 0 Å². The maximum absolute atomic E-state index is 9.49. The van der Waals surface area contributed by atoms with Crippen molar-refractivity contribution in [2.75, 3.05) is 5.88 Å². The number of hydrogen-bond donors (Lipinski definition) is 0. The summed E-state index contributed by atoms with van der Waals surface area (Å²) < 4.78 is 19.0. The fourth-order valence-electron chi connectivity index (χ4n) is 0.0791. The van der Waals surface area contributed by atoms with Gasteiger partial charge >= 0.3 is 0 Å². The maximum Gasteiger partial charge on any atom is 0.235 e. The molecule has 0 amide bonds. The van der Waals surface area contributed by atoms with Crippen LogP contribution in [0.5, 0.6) is 0 Å². The Balaban J connectivity index is 3.32. The molecule has 0 aliphatic rings. The number of nitrogens with zero attached hydrogens (tertiary/aromatic N) is 1. The van der Waals surface area contributed by atoms with Crippen LogP contribution in [0.25, 0.3) is 0 Å². The van der Waals surface area contributed by atoms with E-state index in [0.717, 1.165) is 6.08 Å². The van der Waals surface area contributed by atoms with Crippen molar-refractivity contribution >= 4 is 17.2 Å². The van der Waals surface area contributed by atoms with Gasteiger partial charge in [-0.3, -0.25) is 4.21 Å². The fraction of sp³-hybridized carbons (Fsp3) is 0.500. The first kappa shape index (κ1) is 6.49. The highest BCUT2D eigenvalue weighted by atomic mass is 32.2. The summed E-state index contributed by atoms with van der Waals surface area (Å²) in [4.78, 5) is 11.9. The summed E-state index contributed by atoms with van der Waals surface area (Å²) in [6, 6.07) is 0. The van der Waals surface area contributed by atoms with Gasteiger partial charge in [-0.25, -0.2) is 4.79 Å². The maximum atomic E-state index is 9.49. The van der Waals surface area contributed by atoms with Gasteiger partial charge in [0.2, 0.25) is 6.08 Å². The van der Waals surface area contributed by atoms with Gasteiger partial charge in [0.1, 0.15) is 5.88 Å². The zero-order valence-electron chi connectivity index (χ0n) is 3.29. The van der Waals surface area contributed by atoms with E-state index in [2.05, 4.69) is 4.99 Å². The first-order valence-electron chi connectivity index (χ1n) is 1.37. The summed E-state index contributed by atoms with van der Waals surface area (Å²) in [5.74, 6) is -0.483. The van der Waals surface area contributed by atoms with Gasteiger partial charge in [-0.1, -0.05) is 0 Å². The Kier molecular flexibility index (Phi) is 3.40. The van der Waals surface area contributed by atoms with Crippen LogP contribution >= 0.6 is 0 Å². The predicted octanol–water partition coefficient (Wildman–Crippen LogP) is -0.841. The molecular weight excluding hydrogens is 118 g/mol. The van der Waals surface area contributed by atoms with E-state index < -0.39 is 17.0 Å². The lowest BCUT2D eigenvalue weighted by Crippen LogP contribution is -1.88. The van der Waals surface area contributed by atoms with Crippen LogP contribution in [0.2, 0.25) is 0 Å². The normalized spacial score (nSPS) is 12.1. The highest BCUT2D eigenvalue weighted by Gasteiger charge is 1.71. The number of aliphatic imine (C=N–C) groups is 1. The van der Waals surface area contributed by atoms with Gasteiger partial charge in [0, 0.05) is 0 Å². The minimum atomic E-state index is -2.24. The number of isocyanates is 1. The molecule has 0 rings (SSSR count).